The first-order valence-corrected chi connectivity index (χ1v) is 7.30. The molecule has 0 spiro atoms. The van der Waals surface area contributed by atoms with Crippen molar-refractivity contribution in [2.75, 3.05) is 20.2 Å². The van der Waals surface area contributed by atoms with Gasteiger partial charge in [0.25, 0.3) is 0 Å². The third-order valence-corrected chi connectivity index (χ3v) is 3.95. The predicted octanol–water partition coefficient (Wildman–Crippen LogP) is 2.37. The van der Waals surface area contributed by atoms with Gasteiger partial charge < -0.3 is 19.5 Å². The van der Waals surface area contributed by atoms with Gasteiger partial charge in [-0.2, -0.15) is 0 Å². The van der Waals surface area contributed by atoms with E-state index in [-0.39, 0.29) is 18.3 Å². The Balaban J connectivity index is 2.92. The summed E-state index contributed by atoms with van der Waals surface area (Å²) in [5, 5.41) is 9.56. The lowest BCUT2D eigenvalue weighted by Gasteiger charge is -2.45. The number of carboxylic acid groups (broad SMARTS) is 1. The number of hydrogen-bond donors (Lipinski definition) is 1. The zero-order chi connectivity index (χ0) is 16.4. The molecule has 1 N–H and O–H groups in total. The van der Waals surface area contributed by atoms with Gasteiger partial charge in [-0.05, 0) is 26.7 Å². The van der Waals surface area contributed by atoms with Crippen LogP contribution in [0.2, 0.25) is 0 Å². The third kappa shape index (κ3) is 3.87. The number of aliphatic carboxylic acids is 1. The summed E-state index contributed by atoms with van der Waals surface area (Å²) in [6.07, 6.45) is -0.135. The summed E-state index contributed by atoms with van der Waals surface area (Å²) >= 11 is 0. The van der Waals surface area contributed by atoms with Crippen LogP contribution in [0.25, 0.3) is 0 Å². The molecule has 6 heteroatoms. The number of likely N-dealkylation sites (tertiary alicyclic amines) is 1. The second-order valence-corrected chi connectivity index (χ2v) is 6.93. The van der Waals surface area contributed by atoms with E-state index in [2.05, 4.69) is 0 Å². The molecule has 1 fully saturated rings. The van der Waals surface area contributed by atoms with E-state index in [9.17, 15) is 14.7 Å². The van der Waals surface area contributed by atoms with Gasteiger partial charge >= 0.3 is 12.1 Å². The minimum Gasteiger partial charge on any atom is -0.479 e. The van der Waals surface area contributed by atoms with Crippen molar-refractivity contribution in [3.05, 3.63) is 0 Å². The number of amides is 1. The maximum Gasteiger partial charge on any atom is 0.410 e. The molecule has 2 atom stereocenters. The summed E-state index contributed by atoms with van der Waals surface area (Å²) in [5.41, 5.74) is -1.79. The summed E-state index contributed by atoms with van der Waals surface area (Å²) in [4.78, 5) is 25.4. The van der Waals surface area contributed by atoms with Gasteiger partial charge in [0.15, 0.2) is 5.60 Å². The molecule has 1 amide bonds. The maximum absolute atomic E-state index is 12.2. The zero-order valence-corrected chi connectivity index (χ0v) is 13.8. The minimum atomic E-state index is -1.23. The van der Waals surface area contributed by atoms with Gasteiger partial charge in [-0.3, -0.25) is 0 Å². The van der Waals surface area contributed by atoms with Crippen LogP contribution in [-0.2, 0) is 14.3 Å². The molecule has 0 aromatic rings. The van der Waals surface area contributed by atoms with Crippen LogP contribution >= 0.6 is 0 Å². The van der Waals surface area contributed by atoms with Crippen molar-refractivity contribution in [2.45, 2.75) is 52.2 Å². The topological polar surface area (TPSA) is 76.1 Å². The Kier molecular flexibility index (Phi) is 5.25. The van der Waals surface area contributed by atoms with Gasteiger partial charge in [0.05, 0.1) is 0 Å². The molecule has 0 aromatic heterocycles. The molecule has 1 heterocycles. The average molecular weight is 301 g/mol. The molecule has 21 heavy (non-hydrogen) atoms. The van der Waals surface area contributed by atoms with Crippen LogP contribution in [0, 0.1) is 11.8 Å². The Morgan fingerprint density at radius 3 is 2.29 bits per heavy atom. The lowest BCUT2D eigenvalue weighted by atomic mass is 9.74. The molecule has 0 radical (unpaired) electrons. The summed E-state index contributed by atoms with van der Waals surface area (Å²) in [5.74, 6) is -1.17. The number of hydrogen-bond acceptors (Lipinski definition) is 4. The molecule has 1 aliphatic heterocycles. The molecule has 1 saturated heterocycles. The van der Waals surface area contributed by atoms with Gasteiger partial charge in [0.2, 0.25) is 0 Å². The lowest BCUT2D eigenvalue weighted by molar-refractivity contribution is -0.181. The van der Waals surface area contributed by atoms with Gasteiger partial charge in [-0.25, -0.2) is 9.59 Å². The predicted molar refractivity (Wildman–Crippen MR) is 78.1 cm³/mol. The first-order valence-electron chi connectivity index (χ1n) is 7.30. The number of nitrogens with zero attached hydrogens (tertiary/aromatic N) is 1. The highest BCUT2D eigenvalue weighted by atomic mass is 16.6. The smallest absolute Gasteiger partial charge is 0.410 e. The molecule has 122 valence electrons. The van der Waals surface area contributed by atoms with E-state index < -0.39 is 23.3 Å². The number of carbonyl (C=O) groups is 2. The van der Waals surface area contributed by atoms with Crippen molar-refractivity contribution in [1.29, 1.82) is 0 Å². The largest absolute Gasteiger partial charge is 0.479 e. The highest BCUT2D eigenvalue weighted by Crippen LogP contribution is 2.36. The molecule has 0 aromatic carbocycles. The van der Waals surface area contributed by atoms with E-state index in [4.69, 9.17) is 9.47 Å². The quantitative estimate of drug-likeness (QED) is 0.866. The van der Waals surface area contributed by atoms with Crippen LogP contribution in [0.3, 0.4) is 0 Å². The third-order valence-electron chi connectivity index (χ3n) is 3.95. The molecule has 1 rings (SSSR count). The van der Waals surface area contributed by atoms with E-state index in [0.29, 0.717) is 13.1 Å². The Labute approximate surface area is 126 Å². The fourth-order valence-electron chi connectivity index (χ4n) is 2.81. The molecular weight excluding hydrogens is 274 g/mol. The molecule has 0 saturated carbocycles. The maximum atomic E-state index is 12.2. The van der Waals surface area contributed by atoms with Crippen molar-refractivity contribution in [1.82, 2.24) is 4.90 Å². The Morgan fingerprint density at radius 1 is 1.33 bits per heavy atom. The molecule has 0 aliphatic carbocycles. The van der Waals surface area contributed by atoms with Gasteiger partial charge in [0, 0.05) is 32.5 Å². The summed E-state index contributed by atoms with van der Waals surface area (Å²) in [7, 11) is 1.42. The molecule has 0 bridgehead atoms. The second kappa shape index (κ2) is 6.22. The summed E-state index contributed by atoms with van der Waals surface area (Å²) in [6.45, 7) is 9.97. The fourth-order valence-corrected chi connectivity index (χ4v) is 2.81. The van der Waals surface area contributed by atoms with Gasteiger partial charge in [0.1, 0.15) is 5.60 Å². The van der Waals surface area contributed by atoms with Crippen LogP contribution in [0.4, 0.5) is 4.79 Å². The molecule has 2 unspecified atom stereocenters. The van der Waals surface area contributed by atoms with E-state index in [1.807, 2.05) is 34.6 Å². The minimum absolute atomic E-state index is 0.0753. The normalized spacial score (nSPS) is 26.8. The Morgan fingerprint density at radius 2 is 1.90 bits per heavy atom. The van der Waals surface area contributed by atoms with E-state index in [0.717, 1.165) is 0 Å². The van der Waals surface area contributed by atoms with Gasteiger partial charge in [-0.1, -0.05) is 13.8 Å². The van der Waals surface area contributed by atoms with E-state index in [1.165, 1.54) is 7.11 Å². The van der Waals surface area contributed by atoms with E-state index >= 15 is 0 Å². The number of methoxy groups -OCH3 is 1. The Hall–Kier alpha value is -1.30. The van der Waals surface area contributed by atoms with Crippen LogP contribution in [-0.4, -0.2) is 53.5 Å². The second-order valence-electron chi connectivity index (χ2n) is 6.93. The average Bonchev–Trinajstić information content (AvgIpc) is 2.35. The van der Waals surface area contributed by atoms with E-state index in [1.54, 1.807) is 4.90 Å². The molecule has 1 aliphatic rings. The van der Waals surface area contributed by atoms with Crippen molar-refractivity contribution in [3.8, 4) is 0 Å². The van der Waals surface area contributed by atoms with Crippen molar-refractivity contribution in [3.63, 3.8) is 0 Å². The summed E-state index contributed by atoms with van der Waals surface area (Å²) in [6, 6.07) is 0. The Bertz CT molecular complexity index is 401. The first kappa shape index (κ1) is 17.8. The number of rotatable bonds is 3. The zero-order valence-electron chi connectivity index (χ0n) is 13.8. The van der Waals surface area contributed by atoms with Crippen LogP contribution in [0.1, 0.15) is 41.0 Å². The SMILES string of the molecule is COC1(C(=O)O)CCN(C(=O)OC(C)(C)C)CC1C(C)C. The standard InChI is InChI=1S/C15H27NO5/c1-10(2)11-9-16(13(19)21-14(3,4)5)8-7-15(11,20-6)12(17)18/h10-11H,7-9H2,1-6H3,(H,17,18). The number of ether oxygens (including phenoxy) is 2. The van der Waals surface area contributed by atoms with Crippen LogP contribution < -0.4 is 0 Å². The lowest BCUT2D eigenvalue weighted by Crippen LogP contribution is -2.60. The van der Waals surface area contributed by atoms with Crippen molar-refractivity contribution in [2.24, 2.45) is 11.8 Å². The number of carbonyl (C=O) groups excluding carboxylic acids is 1. The fraction of sp³-hybridized carbons (Fsp3) is 0.867. The monoisotopic (exact) mass is 301 g/mol. The molecule has 6 nitrogen and oxygen atoms in total. The summed E-state index contributed by atoms with van der Waals surface area (Å²) < 4.78 is 10.7. The van der Waals surface area contributed by atoms with Crippen molar-refractivity contribution < 1.29 is 24.2 Å². The highest BCUT2D eigenvalue weighted by molar-refractivity contribution is 5.79. The number of piperidine rings is 1. The van der Waals surface area contributed by atoms with Crippen LogP contribution in [0.15, 0.2) is 0 Å². The van der Waals surface area contributed by atoms with Gasteiger partial charge in [-0.15, -0.1) is 0 Å². The van der Waals surface area contributed by atoms with Crippen LogP contribution in [0.5, 0.6) is 0 Å². The highest BCUT2D eigenvalue weighted by Gasteiger charge is 2.51. The molecular formula is C15H27NO5. The van der Waals surface area contributed by atoms with Crippen molar-refractivity contribution >= 4 is 12.1 Å². The first-order chi connectivity index (χ1) is 9.53. The number of carboxylic acids is 1.